The van der Waals surface area contributed by atoms with Crippen LogP contribution in [0.2, 0.25) is 0 Å². The lowest BCUT2D eigenvalue weighted by Gasteiger charge is -2.30. The second-order valence-corrected chi connectivity index (χ2v) is 7.82. The molecular formula is C16H21N3O3S. The van der Waals surface area contributed by atoms with Crippen molar-refractivity contribution in [2.75, 3.05) is 19.6 Å². The minimum Gasteiger partial charge on any atom is -0.342 e. The highest BCUT2D eigenvalue weighted by Gasteiger charge is 2.30. The van der Waals surface area contributed by atoms with E-state index in [9.17, 15) is 13.2 Å². The van der Waals surface area contributed by atoms with Gasteiger partial charge < -0.3 is 4.90 Å². The van der Waals surface area contributed by atoms with Crippen molar-refractivity contribution >= 4 is 21.8 Å². The molecule has 124 valence electrons. The molecule has 0 aliphatic carbocycles. The quantitative estimate of drug-likeness (QED) is 0.906. The Kier molecular flexibility index (Phi) is 4.39. The molecule has 1 aromatic rings. The summed E-state index contributed by atoms with van der Waals surface area (Å²) < 4.78 is 26.4. The zero-order valence-corrected chi connectivity index (χ0v) is 14.0. The molecule has 0 spiro atoms. The first-order chi connectivity index (χ1) is 11.0. The Hall–Kier alpha value is -1.89. The average Bonchev–Trinajstić information content (AvgIpc) is 2.79. The lowest BCUT2D eigenvalue weighted by atomic mass is 10.00. The van der Waals surface area contributed by atoms with Gasteiger partial charge >= 0.3 is 0 Å². The normalized spacial score (nSPS) is 24.3. The molecule has 1 amide bonds. The number of amides is 1. The van der Waals surface area contributed by atoms with Gasteiger partial charge in [-0.3, -0.25) is 14.5 Å². The monoisotopic (exact) mass is 335 g/mol. The molecule has 0 aromatic heterocycles. The van der Waals surface area contributed by atoms with Gasteiger partial charge in [0.05, 0.1) is 11.4 Å². The van der Waals surface area contributed by atoms with Crippen LogP contribution in [-0.4, -0.2) is 44.7 Å². The van der Waals surface area contributed by atoms with Crippen molar-refractivity contribution in [3.8, 4) is 0 Å². The van der Waals surface area contributed by atoms with Crippen LogP contribution >= 0.6 is 0 Å². The van der Waals surface area contributed by atoms with Gasteiger partial charge in [-0.05, 0) is 30.9 Å². The molecule has 0 bridgehead atoms. The number of benzene rings is 1. The molecule has 1 atom stereocenters. The smallest absolute Gasteiger partial charge is 0.263 e. The fourth-order valence-corrected chi connectivity index (χ4v) is 4.34. The first-order valence-corrected chi connectivity index (χ1v) is 9.40. The maximum Gasteiger partial charge on any atom is 0.263 e. The molecule has 2 heterocycles. The van der Waals surface area contributed by atoms with Gasteiger partial charge in [0.2, 0.25) is 5.91 Å². The Labute approximate surface area is 136 Å². The Bertz CT molecular complexity index is 743. The number of sulfonamides is 1. The molecule has 0 saturated carbocycles. The van der Waals surface area contributed by atoms with E-state index in [0.29, 0.717) is 23.7 Å². The van der Waals surface area contributed by atoms with E-state index in [1.807, 2.05) is 4.90 Å². The van der Waals surface area contributed by atoms with Crippen LogP contribution in [0.1, 0.15) is 31.7 Å². The van der Waals surface area contributed by atoms with Crippen molar-refractivity contribution in [3.63, 3.8) is 0 Å². The molecule has 7 heteroatoms. The predicted molar refractivity (Wildman–Crippen MR) is 87.8 cm³/mol. The molecule has 23 heavy (non-hydrogen) atoms. The number of carbonyl (C=O) groups is 1. The molecule has 1 fully saturated rings. The molecular weight excluding hydrogens is 314 g/mol. The predicted octanol–water partition coefficient (Wildman–Crippen LogP) is 1.37. The SMILES string of the molecule is CC1CCCN(C(=O)CCN=C2NS(=O)(=O)c3ccccc32)C1. The van der Waals surface area contributed by atoms with Gasteiger partial charge in [0.1, 0.15) is 5.84 Å². The third-order valence-electron chi connectivity index (χ3n) is 4.27. The fraction of sp³-hybridized carbons (Fsp3) is 0.500. The maximum absolute atomic E-state index is 12.2. The van der Waals surface area contributed by atoms with E-state index >= 15 is 0 Å². The highest BCUT2D eigenvalue weighted by molar-refractivity contribution is 7.90. The molecule has 1 aromatic carbocycles. The zero-order chi connectivity index (χ0) is 16.4. The summed E-state index contributed by atoms with van der Waals surface area (Å²) in [5.74, 6) is 0.975. The summed E-state index contributed by atoms with van der Waals surface area (Å²) in [7, 11) is -3.51. The number of aliphatic imine (C=N–C) groups is 1. The Morgan fingerprint density at radius 1 is 1.39 bits per heavy atom. The van der Waals surface area contributed by atoms with Crippen molar-refractivity contribution in [2.45, 2.75) is 31.1 Å². The molecule has 1 saturated heterocycles. The summed E-state index contributed by atoms with van der Waals surface area (Å²) >= 11 is 0. The Balaban J connectivity index is 1.64. The molecule has 1 N–H and O–H groups in total. The number of nitrogens with zero attached hydrogens (tertiary/aromatic N) is 2. The second kappa shape index (κ2) is 6.31. The molecule has 1 unspecified atom stereocenters. The van der Waals surface area contributed by atoms with Gasteiger partial charge in [-0.15, -0.1) is 0 Å². The number of rotatable bonds is 3. The van der Waals surface area contributed by atoms with Gasteiger partial charge in [-0.2, -0.15) is 0 Å². The zero-order valence-electron chi connectivity index (χ0n) is 13.2. The number of hydrogen-bond donors (Lipinski definition) is 1. The highest BCUT2D eigenvalue weighted by Crippen LogP contribution is 2.22. The van der Waals surface area contributed by atoms with E-state index in [-0.39, 0.29) is 17.3 Å². The first kappa shape index (κ1) is 16.0. The number of carbonyl (C=O) groups excluding carboxylic acids is 1. The summed E-state index contributed by atoms with van der Waals surface area (Å²) in [5.41, 5.74) is 0.576. The lowest BCUT2D eigenvalue weighted by Crippen LogP contribution is -2.39. The van der Waals surface area contributed by atoms with Crippen LogP contribution in [0.15, 0.2) is 34.2 Å². The van der Waals surface area contributed by atoms with Crippen molar-refractivity contribution in [3.05, 3.63) is 29.8 Å². The number of fused-ring (bicyclic) bond motifs is 1. The average molecular weight is 335 g/mol. The van der Waals surface area contributed by atoms with Crippen LogP contribution in [0.5, 0.6) is 0 Å². The highest BCUT2D eigenvalue weighted by atomic mass is 32.2. The van der Waals surface area contributed by atoms with Crippen LogP contribution in [0.3, 0.4) is 0 Å². The summed E-state index contributed by atoms with van der Waals surface area (Å²) in [5, 5.41) is 0. The van der Waals surface area contributed by atoms with Gasteiger partial charge in [-0.1, -0.05) is 19.1 Å². The number of nitrogens with one attached hydrogen (secondary N) is 1. The van der Waals surface area contributed by atoms with Crippen LogP contribution in [0, 0.1) is 5.92 Å². The van der Waals surface area contributed by atoms with Crippen LogP contribution in [0.25, 0.3) is 0 Å². The van der Waals surface area contributed by atoms with Crippen LogP contribution in [0.4, 0.5) is 0 Å². The third-order valence-corrected chi connectivity index (χ3v) is 5.67. The van der Waals surface area contributed by atoms with Crippen LogP contribution in [-0.2, 0) is 14.8 Å². The lowest BCUT2D eigenvalue weighted by molar-refractivity contribution is -0.132. The number of amidine groups is 1. The van der Waals surface area contributed by atoms with Gasteiger partial charge in [0.25, 0.3) is 10.0 Å². The van der Waals surface area contributed by atoms with E-state index in [1.54, 1.807) is 24.3 Å². The van der Waals surface area contributed by atoms with Gasteiger partial charge in [0.15, 0.2) is 0 Å². The molecule has 2 aliphatic heterocycles. The van der Waals surface area contributed by atoms with E-state index in [2.05, 4.69) is 16.6 Å². The van der Waals surface area contributed by atoms with E-state index in [4.69, 9.17) is 0 Å². The van der Waals surface area contributed by atoms with E-state index in [0.717, 1.165) is 19.5 Å². The molecule has 0 radical (unpaired) electrons. The van der Waals surface area contributed by atoms with Gasteiger partial charge in [-0.25, -0.2) is 8.42 Å². The first-order valence-electron chi connectivity index (χ1n) is 7.92. The van der Waals surface area contributed by atoms with E-state index < -0.39 is 10.0 Å². The molecule has 3 rings (SSSR count). The largest absolute Gasteiger partial charge is 0.342 e. The summed E-state index contributed by atoms with van der Waals surface area (Å²) in [6.45, 7) is 4.07. The number of piperidine rings is 1. The summed E-state index contributed by atoms with van der Waals surface area (Å²) in [6.07, 6.45) is 2.53. The molecule has 6 nitrogen and oxygen atoms in total. The number of hydrogen-bond acceptors (Lipinski definition) is 4. The fourth-order valence-electron chi connectivity index (χ4n) is 3.09. The van der Waals surface area contributed by atoms with Crippen molar-refractivity contribution < 1.29 is 13.2 Å². The summed E-state index contributed by atoms with van der Waals surface area (Å²) in [4.78, 5) is 18.6. The second-order valence-electron chi connectivity index (χ2n) is 6.17. The Morgan fingerprint density at radius 2 is 2.17 bits per heavy atom. The number of likely N-dealkylation sites (tertiary alicyclic amines) is 1. The topological polar surface area (TPSA) is 78.8 Å². The summed E-state index contributed by atoms with van der Waals surface area (Å²) in [6, 6.07) is 6.74. The van der Waals surface area contributed by atoms with Crippen molar-refractivity contribution in [1.29, 1.82) is 0 Å². The Morgan fingerprint density at radius 3 is 2.96 bits per heavy atom. The van der Waals surface area contributed by atoms with E-state index in [1.165, 1.54) is 6.42 Å². The molecule has 2 aliphatic rings. The maximum atomic E-state index is 12.2. The van der Waals surface area contributed by atoms with Crippen molar-refractivity contribution in [1.82, 2.24) is 9.62 Å². The van der Waals surface area contributed by atoms with Gasteiger partial charge in [0, 0.05) is 25.1 Å². The minimum atomic E-state index is -3.51. The third kappa shape index (κ3) is 3.39. The van der Waals surface area contributed by atoms with Crippen LogP contribution < -0.4 is 4.72 Å². The van der Waals surface area contributed by atoms with Crippen molar-refractivity contribution in [2.24, 2.45) is 10.9 Å². The minimum absolute atomic E-state index is 0.0926. The standard InChI is InChI=1S/C16H21N3O3S/c1-12-5-4-10-19(11-12)15(20)8-9-17-16-13-6-2-3-7-14(13)23(21,22)18-16/h2-3,6-7,12H,4-5,8-11H2,1H3,(H,17,18).